The van der Waals surface area contributed by atoms with E-state index in [0.717, 1.165) is 11.3 Å². The number of carbonyl (C=O) groups excluding carboxylic acids is 1. The van der Waals surface area contributed by atoms with Gasteiger partial charge in [-0.15, -0.1) is 0 Å². The maximum atomic E-state index is 12.2. The third-order valence-corrected chi connectivity index (χ3v) is 4.40. The average molecular weight is 290 g/mol. The molecule has 0 saturated carbocycles. The van der Waals surface area contributed by atoms with Gasteiger partial charge in [0.05, 0.1) is 0 Å². The van der Waals surface area contributed by atoms with Crippen LogP contribution in [0.1, 0.15) is 11.5 Å². The lowest BCUT2D eigenvalue weighted by molar-refractivity contribution is -0.151. The van der Waals surface area contributed by atoms with Crippen molar-refractivity contribution in [1.82, 2.24) is 9.80 Å². The van der Waals surface area contributed by atoms with Gasteiger partial charge in [0, 0.05) is 38.7 Å². The summed E-state index contributed by atoms with van der Waals surface area (Å²) >= 11 is 0. The summed E-state index contributed by atoms with van der Waals surface area (Å²) in [7, 11) is 3.34. The highest BCUT2D eigenvalue weighted by molar-refractivity contribution is 5.82. The summed E-state index contributed by atoms with van der Waals surface area (Å²) < 4.78 is 5.66. The number of ether oxygens (including phenoxy) is 1. The molecular weight excluding hydrogens is 272 g/mol. The Hall–Kier alpha value is -2.24. The van der Waals surface area contributed by atoms with E-state index in [1.807, 2.05) is 24.3 Å². The molecule has 6 nitrogen and oxygen atoms in total. The minimum Gasteiger partial charge on any atom is -0.492 e. The molecule has 112 valence electrons. The van der Waals surface area contributed by atoms with Crippen molar-refractivity contribution < 1.29 is 19.4 Å². The lowest BCUT2D eigenvalue weighted by Gasteiger charge is -2.35. The number of hydrogen-bond acceptors (Lipinski definition) is 3. The van der Waals surface area contributed by atoms with Crippen LogP contribution in [0.5, 0.6) is 5.75 Å². The van der Waals surface area contributed by atoms with Crippen LogP contribution < -0.4 is 4.74 Å². The number of likely N-dealkylation sites (tertiary alicyclic amines) is 1. The van der Waals surface area contributed by atoms with Crippen molar-refractivity contribution in [2.75, 3.05) is 33.8 Å². The van der Waals surface area contributed by atoms with Crippen LogP contribution in [0.3, 0.4) is 0 Å². The number of urea groups is 1. The summed E-state index contributed by atoms with van der Waals surface area (Å²) in [5, 5.41) is 9.73. The first-order chi connectivity index (χ1) is 9.95. The van der Waals surface area contributed by atoms with Crippen molar-refractivity contribution in [3.63, 3.8) is 0 Å². The number of amides is 2. The van der Waals surface area contributed by atoms with Crippen LogP contribution in [0, 0.1) is 5.41 Å². The number of hydrogen-bond donors (Lipinski definition) is 1. The van der Waals surface area contributed by atoms with Gasteiger partial charge in [0.15, 0.2) is 0 Å². The number of benzene rings is 1. The van der Waals surface area contributed by atoms with E-state index in [0.29, 0.717) is 6.54 Å². The van der Waals surface area contributed by atoms with Crippen molar-refractivity contribution in [2.24, 2.45) is 5.41 Å². The highest BCUT2D eigenvalue weighted by Crippen LogP contribution is 2.49. The summed E-state index contributed by atoms with van der Waals surface area (Å²) in [6, 6.07) is 7.31. The van der Waals surface area contributed by atoms with E-state index in [9.17, 15) is 14.7 Å². The number of nitrogens with zero attached hydrogens (tertiary/aromatic N) is 2. The molecule has 1 aromatic rings. The molecule has 0 bridgehead atoms. The first-order valence-electron chi connectivity index (χ1n) is 6.87. The molecule has 0 aromatic heterocycles. The topological polar surface area (TPSA) is 70.1 Å². The Bertz CT molecular complexity index is 601. The molecular formula is C15H18N2O4. The van der Waals surface area contributed by atoms with Crippen LogP contribution in [0.2, 0.25) is 0 Å². The first-order valence-corrected chi connectivity index (χ1v) is 6.87. The lowest BCUT2D eigenvalue weighted by Crippen LogP contribution is -2.46. The van der Waals surface area contributed by atoms with Gasteiger partial charge >= 0.3 is 12.0 Å². The molecule has 2 aliphatic rings. The fourth-order valence-corrected chi connectivity index (χ4v) is 3.27. The standard InChI is InChI=1S/C15H18N2O4/c1-16(2)14(20)17-7-11-10-5-3-4-6-12(10)21-9-15(11,8-17)13(18)19/h3-6,11H,7-9H2,1-2H3,(H,18,19)/t11-,15-/m0/s1. The molecule has 1 saturated heterocycles. The maximum absolute atomic E-state index is 12.2. The van der Waals surface area contributed by atoms with E-state index in [1.54, 1.807) is 19.0 Å². The van der Waals surface area contributed by atoms with Crippen molar-refractivity contribution in [2.45, 2.75) is 5.92 Å². The number of aliphatic carboxylic acids is 1. The molecule has 21 heavy (non-hydrogen) atoms. The summed E-state index contributed by atoms with van der Waals surface area (Å²) in [4.78, 5) is 27.1. The normalized spacial score (nSPS) is 26.6. The molecule has 3 rings (SSSR count). The minimum absolute atomic E-state index is 0.0984. The summed E-state index contributed by atoms with van der Waals surface area (Å²) in [6.07, 6.45) is 0. The third-order valence-electron chi connectivity index (χ3n) is 4.40. The number of carboxylic acid groups (broad SMARTS) is 1. The van der Waals surface area contributed by atoms with Crippen LogP contribution in [0.25, 0.3) is 0 Å². The zero-order valence-electron chi connectivity index (χ0n) is 12.1. The predicted octanol–water partition coefficient (Wildman–Crippen LogP) is 1.23. The molecule has 0 aliphatic carbocycles. The molecule has 2 amide bonds. The van der Waals surface area contributed by atoms with E-state index in [2.05, 4.69) is 0 Å². The van der Waals surface area contributed by atoms with E-state index in [-0.39, 0.29) is 25.1 Å². The third kappa shape index (κ3) is 1.93. The minimum atomic E-state index is -1.06. The van der Waals surface area contributed by atoms with Crippen LogP contribution in [0.15, 0.2) is 24.3 Å². The van der Waals surface area contributed by atoms with Crippen molar-refractivity contribution in [3.05, 3.63) is 29.8 Å². The van der Waals surface area contributed by atoms with Crippen LogP contribution in [-0.4, -0.2) is 60.7 Å². The number of para-hydroxylation sites is 1. The highest BCUT2D eigenvalue weighted by Gasteiger charge is 2.57. The summed E-state index contributed by atoms with van der Waals surface area (Å²) in [5.41, 5.74) is -0.180. The Kier molecular flexibility index (Phi) is 3.04. The lowest BCUT2D eigenvalue weighted by atomic mass is 9.73. The van der Waals surface area contributed by atoms with E-state index in [1.165, 1.54) is 4.90 Å². The number of fused-ring (bicyclic) bond motifs is 3. The van der Waals surface area contributed by atoms with Gasteiger partial charge in [-0.05, 0) is 6.07 Å². The van der Waals surface area contributed by atoms with Crippen molar-refractivity contribution in [1.29, 1.82) is 0 Å². The van der Waals surface area contributed by atoms with Crippen molar-refractivity contribution >= 4 is 12.0 Å². The van der Waals surface area contributed by atoms with Gasteiger partial charge in [-0.1, -0.05) is 18.2 Å². The second kappa shape index (κ2) is 4.65. The number of carbonyl (C=O) groups is 2. The number of rotatable bonds is 1. The highest BCUT2D eigenvalue weighted by atomic mass is 16.5. The molecule has 2 aliphatic heterocycles. The fraction of sp³-hybridized carbons (Fsp3) is 0.467. The zero-order chi connectivity index (χ0) is 15.2. The predicted molar refractivity (Wildman–Crippen MR) is 75.4 cm³/mol. The molecule has 0 unspecified atom stereocenters. The van der Waals surface area contributed by atoms with Crippen molar-refractivity contribution in [3.8, 4) is 5.75 Å². The van der Waals surface area contributed by atoms with E-state index < -0.39 is 11.4 Å². The van der Waals surface area contributed by atoms with Gasteiger partial charge in [-0.25, -0.2) is 4.79 Å². The van der Waals surface area contributed by atoms with Gasteiger partial charge in [0.2, 0.25) is 0 Å². The average Bonchev–Trinajstić information content (AvgIpc) is 2.87. The van der Waals surface area contributed by atoms with Crippen LogP contribution >= 0.6 is 0 Å². The smallest absolute Gasteiger partial charge is 0.319 e. The molecule has 2 atom stereocenters. The van der Waals surface area contributed by atoms with E-state index >= 15 is 0 Å². The first kappa shape index (κ1) is 13.7. The second-order valence-electron chi connectivity index (χ2n) is 5.90. The monoisotopic (exact) mass is 290 g/mol. The van der Waals surface area contributed by atoms with Gasteiger partial charge in [-0.2, -0.15) is 0 Å². The Morgan fingerprint density at radius 3 is 2.76 bits per heavy atom. The Labute approximate surface area is 122 Å². The Morgan fingerprint density at radius 1 is 1.38 bits per heavy atom. The molecule has 0 spiro atoms. The molecule has 1 N–H and O–H groups in total. The zero-order valence-corrected chi connectivity index (χ0v) is 12.1. The van der Waals surface area contributed by atoms with Gasteiger partial charge in [0.25, 0.3) is 0 Å². The van der Waals surface area contributed by atoms with Gasteiger partial charge in [-0.3, -0.25) is 4.79 Å². The SMILES string of the molecule is CN(C)C(=O)N1C[C@H]2c3ccccc3OC[C@@]2(C(=O)O)C1. The van der Waals surface area contributed by atoms with Crippen LogP contribution in [0.4, 0.5) is 4.79 Å². The summed E-state index contributed by atoms with van der Waals surface area (Å²) in [5.74, 6) is -0.418. The van der Waals surface area contributed by atoms with Gasteiger partial charge < -0.3 is 19.6 Å². The maximum Gasteiger partial charge on any atom is 0.319 e. The molecule has 1 fully saturated rings. The Balaban J connectivity index is 2.02. The second-order valence-corrected chi connectivity index (χ2v) is 5.90. The molecule has 1 aromatic carbocycles. The van der Waals surface area contributed by atoms with E-state index in [4.69, 9.17) is 4.74 Å². The molecule has 2 heterocycles. The molecule has 0 radical (unpaired) electrons. The van der Waals surface area contributed by atoms with Gasteiger partial charge in [0.1, 0.15) is 17.8 Å². The largest absolute Gasteiger partial charge is 0.492 e. The number of carboxylic acids is 1. The van der Waals surface area contributed by atoms with Crippen LogP contribution in [-0.2, 0) is 4.79 Å². The quantitative estimate of drug-likeness (QED) is 0.844. The summed E-state index contributed by atoms with van der Waals surface area (Å²) in [6.45, 7) is 0.684. The fourth-order valence-electron chi connectivity index (χ4n) is 3.27. The molecule has 6 heteroatoms. The Morgan fingerprint density at radius 2 is 2.10 bits per heavy atom.